The van der Waals surface area contributed by atoms with Crippen LogP contribution in [0.25, 0.3) is 0 Å². The van der Waals surface area contributed by atoms with Gasteiger partial charge in [0.2, 0.25) is 11.7 Å². The van der Waals surface area contributed by atoms with Crippen LogP contribution in [0.4, 0.5) is 19.0 Å². The fraction of sp³-hybridized carbons (Fsp3) is 0.556. The Balaban J connectivity index is 1.87. The highest BCUT2D eigenvalue weighted by atomic mass is 19.4. The van der Waals surface area contributed by atoms with E-state index in [4.69, 9.17) is 0 Å². The number of nitriles is 1. The molecule has 10 heteroatoms. The average Bonchev–Trinajstić information content (AvgIpc) is 2.82. The SMILES string of the molecule is CN1CCC(c2ccc(C(C)(C)C(=O)NN(CC(C)(C)C)c3cc(C(F)(F)F)nc(C#N)n3)cc2)CC1. The quantitative estimate of drug-likeness (QED) is 0.542. The number of halogens is 3. The topological polar surface area (TPSA) is 85.2 Å². The maximum atomic E-state index is 13.5. The van der Waals surface area contributed by atoms with E-state index < -0.39 is 34.4 Å². The van der Waals surface area contributed by atoms with Gasteiger partial charge < -0.3 is 4.90 Å². The molecule has 1 saturated heterocycles. The van der Waals surface area contributed by atoms with Crippen molar-refractivity contribution in [2.45, 2.75) is 65.0 Å². The van der Waals surface area contributed by atoms with E-state index in [2.05, 4.69) is 39.5 Å². The summed E-state index contributed by atoms with van der Waals surface area (Å²) < 4.78 is 40.3. The third-order valence-electron chi connectivity index (χ3n) is 6.64. The van der Waals surface area contributed by atoms with Crippen molar-refractivity contribution in [3.05, 3.63) is 53.0 Å². The van der Waals surface area contributed by atoms with E-state index in [1.807, 2.05) is 32.9 Å². The normalized spacial score (nSPS) is 15.8. The second-order valence-electron chi connectivity index (χ2n) is 11.5. The number of anilines is 1. The second kappa shape index (κ2) is 10.7. The molecule has 1 aromatic carbocycles. The zero-order valence-corrected chi connectivity index (χ0v) is 22.3. The lowest BCUT2D eigenvalue weighted by Gasteiger charge is -2.34. The number of hydrazine groups is 1. The number of benzene rings is 1. The maximum Gasteiger partial charge on any atom is 0.433 e. The van der Waals surface area contributed by atoms with E-state index >= 15 is 0 Å². The molecule has 1 amide bonds. The summed E-state index contributed by atoms with van der Waals surface area (Å²) in [6.07, 6.45) is -2.59. The van der Waals surface area contributed by atoms with Crippen LogP contribution in [0.15, 0.2) is 30.3 Å². The number of hydrogen-bond donors (Lipinski definition) is 1. The number of nitrogens with one attached hydrogen (secondary N) is 1. The van der Waals surface area contributed by atoms with Crippen LogP contribution in [-0.4, -0.2) is 47.5 Å². The number of alkyl halides is 3. The van der Waals surface area contributed by atoms with Crippen LogP contribution in [0.1, 0.15) is 76.0 Å². The first-order chi connectivity index (χ1) is 17.1. The molecule has 0 spiro atoms. The van der Waals surface area contributed by atoms with Gasteiger partial charge in [-0.25, -0.2) is 4.98 Å². The number of carbonyl (C=O) groups is 1. The molecule has 2 heterocycles. The number of piperidine rings is 1. The Morgan fingerprint density at radius 1 is 1.11 bits per heavy atom. The lowest BCUT2D eigenvalue weighted by atomic mass is 9.81. The summed E-state index contributed by atoms with van der Waals surface area (Å²) in [6.45, 7) is 11.5. The van der Waals surface area contributed by atoms with Crippen molar-refractivity contribution in [2.24, 2.45) is 5.41 Å². The van der Waals surface area contributed by atoms with Gasteiger partial charge in [-0.15, -0.1) is 0 Å². The minimum atomic E-state index is -4.77. The van der Waals surface area contributed by atoms with Gasteiger partial charge in [-0.2, -0.15) is 23.4 Å². The molecule has 0 unspecified atom stereocenters. The summed E-state index contributed by atoms with van der Waals surface area (Å²) in [4.78, 5) is 23.1. The van der Waals surface area contributed by atoms with Crippen molar-refractivity contribution >= 4 is 11.7 Å². The van der Waals surface area contributed by atoms with E-state index in [0.29, 0.717) is 5.92 Å². The summed E-state index contributed by atoms with van der Waals surface area (Å²) in [7, 11) is 2.12. The number of aromatic nitrogens is 2. The molecule has 1 N–H and O–H groups in total. The Kier molecular flexibility index (Phi) is 8.18. The minimum absolute atomic E-state index is 0.156. The van der Waals surface area contributed by atoms with Gasteiger partial charge in [0.15, 0.2) is 11.5 Å². The molecule has 3 rings (SSSR count). The van der Waals surface area contributed by atoms with Gasteiger partial charge in [0, 0.05) is 12.6 Å². The third kappa shape index (κ3) is 7.19. The van der Waals surface area contributed by atoms with Crippen LogP contribution in [0, 0.1) is 16.7 Å². The van der Waals surface area contributed by atoms with E-state index in [0.717, 1.165) is 37.6 Å². The Labute approximate surface area is 216 Å². The summed E-state index contributed by atoms with van der Waals surface area (Å²) in [5.74, 6) is -0.744. The Morgan fingerprint density at radius 3 is 2.22 bits per heavy atom. The lowest BCUT2D eigenvalue weighted by Crippen LogP contribution is -2.52. The van der Waals surface area contributed by atoms with Crippen molar-refractivity contribution in [1.82, 2.24) is 20.3 Å². The van der Waals surface area contributed by atoms with Gasteiger partial charge in [0.25, 0.3) is 0 Å². The highest BCUT2D eigenvalue weighted by molar-refractivity contribution is 5.88. The summed E-state index contributed by atoms with van der Waals surface area (Å²) in [6, 6.07) is 10.3. The maximum absolute atomic E-state index is 13.5. The molecule has 1 aromatic heterocycles. The highest BCUT2D eigenvalue weighted by Gasteiger charge is 2.36. The Hall–Kier alpha value is -3.19. The molecule has 0 atom stereocenters. The molecule has 1 fully saturated rings. The van der Waals surface area contributed by atoms with Crippen LogP contribution in [0.2, 0.25) is 0 Å². The van der Waals surface area contributed by atoms with Gasteiger partial charge in [-0.1, -0.05) is 45.0 Å². The standard InChI is InChI=1S/C27H35F3N6O/c1-25(2,3)17-36(23-15-21(27(28,29)30)32-22(16-31)33-23)34-24(37)26(4,5)20-9-7-18(8-10-20)19-11-13-35(6)14-12-19/h7-10,15,19H,11-14,17H2,1-6H3,(H,34,37). The van der Waals surface area contributed by atoms with Crippen molar-refractivity contribution < 1.29 is 18.0 Å². The van der Waals surface area contributed by atoms with Gasteiger partial charge in [0.1, 0.15) is 6.07 Å². The number of amides is 1. The molecule has 1 aliphatic heterocycles. The molecule has 7 nitrogen and oxygen atoms in total. The van der Waals surface area contributed by atoms with Crippen molar-refractivity contribution in [1.29, 1.82) is 5.26 Å². The largest absolute Gasteiger partial charge is 0.433 e. The average molecular weight is 517 g/mol. The van der Waals surface area contributed by atoms with Gasteiger partial charge in [-0.3, -0.25) is 15.2 Å². The molecule has 1 aliphatic rings. The molecule has 0 radical (unpaired) electrons. The molecular weight excluding hydrogens is 481 g/mol. The van der Waals surface area contributed by atoms with E-state index in [9.17, 15) is 23.2 Å². The van der Waals surface area contributed by atoms with Crippen LogP contribution in [0.3, 0.4) is 0 Å². The van der Waals surface area contributed by atoms with Crippen LogP contribution in [-0.2, 0) is 16.4 Å². The second-order valence-corrected chi connectivity index (χ2v) is 11.5. The Morgan fingerprint density at radius 2 is 1.70 bits per heavy atom. The number of rotatable bonds is 6. The summed E-state index contributed by atoms with van der Waals surface area (Å²) in [5, 5.41) is 10.5. The molecular formula is C27H35F3N6O. The zero-order chi connectivity index (χ0) is 27.6. The fourth-order valence-electron chi connectivity index (χ4n) is 4.33. The number of hydrogen-bond acceptors (Lipinski definition) is 6. The van der Waals surface area contributed by atoms with Crippen LogP contribution in [0.5, 0.6) is 0 Å². The molecule has 0 saturated carbocycles. The first-order valence-electron chi connectivity index (χ1n) is 12.3. The molecule has 0 bridgehead atoms. The first-order valence-corrected chi connectivity index (χ1v) is 12.3. The molecule has 200 valence electrons. The Bertz CT molecular complexity index is 1140. The van der Waals surface area contributed by atoms with E-state index in [-0.39, 0.29) is 12.4 Å². The lowest BCUT2D eigenvalue weighted by molar-refractivity contribution is -0.141. The molecule has 37 heavy (non-hydrogen) atoms. The van der Waals surface area contributed by atoms with Crippen LogP contribution < -0.4 is 10.4 Å². The smallest absolute Gasteiger partial charge is 0.306 e. The number of likely N-dealkylation sites (tertiary alicyclic amines) is 1. The van der Waals surface area contributed by atoms with Gasteiger partial charge >= 0.3 is 6.18 Å². The van der Waals surface area contributed by atoms with Crippen molar-refractivity contribution in [2.75, 3.05) is 31.7 Å². The van der Waals surface area contributed by atoms with E-state index in [1.165, 1.54) is 10.6 Å². The number of carbonyl (C=O) groups excluding carboxylic acids is 1. The minimum Gasteiger partial charge on any atom is -0.306 e. The fourth-order valence-corrected chi connectivity index (χ4v) is 4.33. The van der Waals surface area contributed by atoms with E-state index in [1.54, 1.807) is 19.9 Å². The zero-order valence-electron chi connectivity index (χ0n) is 22.3. The predicted octanol–water partition coefficient (Wildman–Crippen LogP) is 5.04. The van der Waals surface area contributed by atoms with Gasteiger partial charge in [0.05, 0.1) is 5.41 Å². The third-order valence-corrected chi connectivity index (χ3v) is 6.64. The van der Waals surface area contributed by atoms with Crippen LogP contribution >= 0.6 is 0 Å². The van der Waals surface area contributed by atoms with Crippen molar-refractivity contribution in [3.8, 4) is 6.07 Å². The highest BCUT2D eigenvalue weighted by Crippen LogP contribution is 2.32. The molecule has 2 aromatic rings. The first kappa shape index (κ1) is 28.4. The van der Waals surface area contributed by atoms with Gasteiger partial charge in [-0.05, 0) is 69.3 Å². The summed E-state index contributed by atoms with van der Waals surface area (Å²) in [5.41, 5.74) is 2.15. The number of nitrogens with zero attached hydrogens (tertiary/aromatic N) is 5. The van der Waals surface area contributed by atoms with Crippen molar-refractivity contribution in [3.63, 3.8) is 0 Å². The monoisotopic (exact) mass is 516 g/mol. The summed E-state index contributed by atoms with van der Waals surface area (Å²) >= 11 is 0. The predicted molar refractivity (Wildman–Crippen MR) is 136 cm³/mol. The molecule has 0 aliphatic carbocycles.